The van der Waals surface area contributed by atoms with Crippen LogP contribution in [0, 0.1) is 18.3 Å². The van der Waals surface area contributed by atoms with Crippen molar-refractivity contribution in [2.45, 2.75) is 26.2 Å². The Bertz CT molecular complexity index is 1480. The first-order valence-electron chi connectivity index (χ1n) is 10.2. The van der Waals surface area contributed by atoms with Gasteiger partial charge < -0.3 is 0 Å². The summed E-state index contributed by atoms with van der Waals surface area (Å²) in [6.07, 6.45) is 5.71. The molecule has 3 heterocycles. The van der Waals surface area contributed by atoms with Crippen molar-refractivity contribution in [3.05, 3.63) is 72.4 Å². The fraction of sp³-hybridized carbons (Fsp3) is 0.200. The average Bonchev–Trinajstić information content (AvgIpc) is 3.36. The highest BCUT2D eigenvalue weighted by Crippen LogP contribution is 2.32. The van der Waals surface area contributed by atoms with Gasteiger partial charge in [-0.2, -0.15) is 10.4 Å². The summed E-state index contributed by atoms with van der Waals surface area (Å²) >= 11 is 0. The molecule has 0 fully saturated rings. The number of benzene rings is 2. The summed E-state index contributed by atoms with van der Waals surface area (Å²) in [4.78, 5) is 9.39. The molecular weight excluding hydrogens is 384 g/mol. The quantitative estimate of drug-likeness (QED) is 0.419. The van der Waals surface area contributed by atoms with Crippen molar-refractivity contribution in [2.75, 3.05) is 0 Å². The van der Waals surface area contributed by atoms with E-state index in [1.807, 2.05) is 64.6 Å². The summed E-state index contributed by atoms with van der Waals surface area (Å²) in [6.45, 7) is 5.86. The Hall–Kier alpha value is -3.98. The number of rotatable bonds is 3. The van der Waals surface area contributed by atoms with Gasteiger partial charge >= 0.3 is 0 Å². The third-order valence-corrected chi connectivity index (χ3v) is 5.81. The number of imidazole rings is 1. The highest BCUT2D eigenvalue weighted by Gasteiger charge is 2.20. The lowest BCUT2D eigenvalue weighted by molar-refractivity contribution is 0.686. The van der Waals surface area contributed by atoms with Gasteiger partial charge in [0.15, 0.2) is 0 Å². The van der Waals surface area contributed by atoms with E-state index in [1.54, 1.807) is 4.68 Å². The number of fused-ring (bicyclic) bond motifs is 3. The molecule has 0 amide bonds. The molecule has 0 saturated carbocycles. The average molecular weight is 406 g/mol. The molecule has 0 aliphatic heterocycles. The first-order valence-corrected chi connectivity index (χ1v) is 10.2. The monoisotopic (exact) mass is 406 g/mol. The molecule has 2 aromatic carbocycles. The lowest BCUT2D eigenvalue weighted by Gasteiger charge is -2.17. The molecular formula is C25H22N6. The number of nitriles is 1. The molecule has 0 saturated heterocycles. The van der Waals surface area contributed by atoms with Crippen LogP contribution in [0.3, 0.4) is 0 Å². The van der Waals surface area contributed by atoms with Crippen LogP contribution in [0.4, 0.5) is 0 Å². The molecule has 0 N–H and O–H groups in total. The van der Waals surface area contributed by atoms with Gasteiger partial charge in [-0.05, 0) is 56.2 Å². The van der Waals surface area contributed by atoms with E-state index in [1.165, 1.54) is 0 Å². The standard InChI is InChI=1S/C25H22N6/c1-16-29-23-13-27-22-10-5-17(18-12-28-30(4)14-18)11-21(22)24(23)31(16)20-8-6-19(7-9-20)25(2,3)15-26/h5-14H,1-4H3. The van der Waals surface area contributed by atoms with Gasteiger partial charge in [-0.25, -0.2) is 4.98 Å². The Balaban J connectivity index is 1.74. The van der Waals surface area contributed by atoms with Crippen molar-refractivity contribution in [1.82, 2.24) is 24.3 Å². The van der Waals surface area contributed by atoms with Crippen LogP contribution < -0.4 is 0 Å². The summed E-state index contributed by atoms with van der Waals surface area (Å²) in [5.41, 5.74) is 6.43. The molecule has 0 bridgehead atoms. The summed E-state index contributed by atoms with van der Waals surface area (Å²) in [5.74, 6) is 0.892. The van der Waals surface area contributed by atoms with Gasteiger partial charge in [0.25, 0.3) is 0 Å². The number of aryl methyl sites for hydroxylation is 2. The molecule has 0 atom stereocenters. The van der Waals surface area contributed by atoms with Gasteiger partial charge in [0.2, 0.25) is 0 Å². The molecule has 0 radical (unpaired) electrons. The second-order valence-electron chi connectivity index (χ2n) is 8.40. The van der Waals surface area contributed by atoms with E-state index in [4.69, 9.17) is 4.98 Å². The number of hydrogen-bond acceptors (Lipinski definition) is 4. The van der Waals surface area contributed by atoms with E-state index in [9.17, 15) is 5.26 Å². The van der Waals surface area contributed by atoms with Crippen molar-refractivity contribution in [3.8, 4) is 22.9 Å². The highest BCUT2D eigenvalue weighted by atomic mass is 15.2. The number of nitrogens with zero attached hydrogens (tertiary/aromatic N) is 6. The zero-order chi connectivity index (χ0) is 21.8. The molecule has 0 spiro atoms. The van der Waals surface area contributed by atoms with Crippen LogP contribution in [0.2, 0.25) is 0 Å². The maximum atomic E-state index is 9.45. The molecule has 0 aliphatic rings. The second-order valence-corrected chi connectivity index (χ2v) is 8.40. The van der Waals surface area contributed by atoms with Gasteiger partial charge in [0, 0.05) is 29.9 Å². The lowest BCUT2D eigenvalue weighted by atomic mass is 9.86. The van der Waals surface area contributed by atoms with Crippen LogP contribution in [-0.2, 0) is 12.5 Å². The predicted octanol–water partition coefficient (Wildman–Crippen LogP) is 5.08. The van der Waals surface area contributed by atoms with Crippen LogP contribution in [-0.4, -0.2) is 24.3 Å². The molecule has 5 rings (SSSR count). The van der Waals surface area contributed by atoms with Crippen molar-refractivity contribution in [2.24, 2.45) is 7.05 Å². The largest absolute Gasteiger partial charge is 0.296 e. The van der Waals surface area contributed by atoms with Gasteiger partial charge in [-0.15, -0.1) is 0 Å². The molecule has 0 unspecified atom stereocenters. The second kappa shape index (κ2) is 6.78. The molecule has 31 heavy (non-hydrogen) atoms. The predicted molar refractivity (Wildman–Crippen MR) is 122 cm³/mol. The topological polar surface area (TPSA) is 72.3 Å². The maximum absolute atomic E-state index is 9.45. The molecule has 5 aromatic rings. The Morgan fingerprint density at radius 3 is 2.42 bits per heavy atom. The third kappa shape index (κ3) is 3.06. The summed E-state index contributed by atoms with van der Waals surface area (Å²) in [6, 6.07) is 16.8. The minimum absolute atomic E-state index is 0.528. The van der Waals surface area contributed by atoms with E-state index < -0.39 is 5.41 Å². The zero-order valence-corrected chi connectivity index (χ0v) is 18.0. The van der Waals surface area contributed by atoms with Crippen LogP contribution >= 0.6 is 0 Å². The van der Waals surface area contributed by atoms with E-state index in [0.29, 0.717) is 0 Å². The van der Waals surface area contributed by atoms with Crippen LogP contribution in [0.1, 0.15) is 25.2 Å². The van der Waals surface area contributed by atoms with Crippen LogP contribution in [0.5, 0.6) is 0 Å². The molecule has 152 valence electrons. The minimum Gasteiger partial charge on any atom is -0.296 e. The van der Waals surface area contributed by atoms with Crippen molar-refractivity contribution in [3.63, 3.8) is 0 Å². The number of hydrogen-bond donors (Lipinski definition) is 0. The Morgan fingerprint density at radius 1 is 0.968 bits per heavy atom. The maximum Gasteiger partial charge on any atom is 0.111 e. The first kappa shape index (κ1) is 19.0. The lowest BCUT2D eigenvalue weighted by Crippen LogP contribution is -2.13. The van der Waals surface area contributed by atoms with Gasteiger partial charge in [0.1, 0.15) is 11.3 Å². The highest BCUT2D eigenvalue weighted by molar-refractivity contribution is 6.04. The fourth-order valence-electron chi connectivity index (χ4n) is 4.03. The molecule has 6 heteroatoms. The SMILES string of the molecule is Cc1nc2cnc3ccc(-c4cnn(C)c4)cc3c2n1-c1ccc(C(C)(C)C#N)cc1. The van der Waals surface area contributed by atoms with Crippen LogP contribution in [0.25, 0.3) is 38.8 Å². The summed E-state index contributed by atoms with van der Waals surface area (Å²) in [5, 5.41) is 14.8. The van der Waals surface area contributed by atoms with Gasteiger partial charge in [0.05, 0.1) is 34.9 Å². The van der Waals surface area contributed by atoms with Crippen molar-refractivity contribution in [1.29, 1.82) is 5.26 Å². The Kier molecular flexibility index (Phi) is 4.16. The van der Waals surface area contributed by atoms with E-state index in [-0.39, 0.29) is 0 Å². The minimum atomic E-state index is -0.528. The Labute approximate surface area is 180 Å². The zero-order valence-electron chi connectivity index (χ0n) is 18.0. The van der Waals surface area contributed by atoms with E-state index in [0.717, 1.165) is 50.1 Å². The number of pyridine rings is 1. The number of aromatic nitrogens is 5. The van der Waals surface area contributed by atoms with Gasteiger partial charge in [-0.3, -0.25) is 14.2 Å². The van der Waals surface area contributed by atoms with Crippen molar-refractivity contribution < 1.29 is 0 Å². The smallest absolute Gasteiger partial charge is 0.111 e. The third-order valence-electron chi connectivity index (χ3n) is 5.81. The summed E-state index contributed by atoms with van der Waals surface area (Å²) in [7, 11) is 1.92. The van der Waals surface area contributed by atoms with E-state index in [2.05, 4.69) is 45.0 Å². The van der Waals surface area contributed by atoms with E-state index >= 15 is 0 Å². The van der Waals surface area contributed by atoms with Gasteiger partial charge in [-0.1, -0.05) is 18.2 Å². The first-order chi connectivity index (χ1) is 14.9. The van der Waals surface area contributed by atoms with Crippen molar-refractivity contribution >= 4 is 21.9 Å². The molecule has 0 aliphatic carbocycles. The molecule has 3 aromatic heterocycles. The summed E-state index contributed by atoms with van der Waals surface area (Å²) < 4.78 is 3.96. The normalized spacial score (nSPS) is 11.8. The Morgan fingerprint density at radius 2 is 1.74 bits per heavy atom. The van der Waals surface area contributed by atoms with Crippen LogP contribution in [0.15, 0.2) is 61.1 Å². The fourth-order valence-corrected chi connectivity index (χ4v) is 4.03. The molecule has 6 nitrogen and oxygen atoms in total.